The van der Waals surface area contributed by atoms with Gasteiger partial charge in [-0.1, -0.05) is 0 Å². The van der Waals surface area contributed by atoms with Crippen LogP contribution in [0.15, 0.2) is 40.3 Å². The summed E-state index contributed by atoms with van der Waals surface area (Å²) in [5.41, 5.74) is 2.40. The van der Waals surface area contributed by atoms with Gasteiger partial charge in [0.05, 0.1) is 6.20 Å². The average Bonchev–Trinajstić information content (AvgIpc) is 2.89. The summed E-state index contributed by atoms with van der Waals surface area (Å²) in [6, 6.07) is 0. The molecule has 0 saturated carbocycles. The van der Waals surface area contributed by atoms with Crippen LogP contribution >= 0.6 is 24.4 Å². The van der Waals surface area contributed by atoms with E-state index in [1.807, 2.05) is 0 Å². The summed E-state index contributed by atoms with van der Waals surface area (Å²) < 4.78 is 0. The average molecular weight is 313 g/mol. The molecule has 4 aromatic heterocycles. The van der Waals surface area contributed by atoms with E-state index < -0.39 is 0 Å². The molecule has 1 N–H and O–H groups in total. The van der Waals surface area contributed by atoms with Crippen molar-refractivity contribution in [2.75, 3.05) is 0 Å². The van der Waals surface area contributed by atoms with E-state index in [2.05, 4.69) is 39.9 Å². The molecule has 0 saturated heterocycles. The molecule has 21 heavy (non-hydrogen) atoms. The molecule has 0 unspecified atom stereocenters. The van der Waals surface area contributed by atoms with E-state index >= 15 is 0 Å². The number of rotatable bonds is 2. The lowest BCUT2D eigenvalue weighted by Gasteiger charge is -2.01. The van der Waals surface area contributed by atoms with Gasteiger partial charge in [0, 0.05) is 12.4 Å². The summed E-state index contributed by atoms with van der Waals surface area (Å²) in [6.45, 7) is 0. The fourth-order valence-electron chi connectivity index (χ4n) is 1.77. The lowest BCUT2D eigenvalue weighted by molar-refractivity contribution is 0.910. The van der Waals surface area contributed by atoms with Crippen LogP contribution in [0.5, 0.6) is 0 Å². The number of fused-ring (bicyclic) bond motifs is 2. The normalized spacial score (nSPS) is 11.2. The largest absolute Gasteiger partial charge is 0.330 e. The maximum absolute atomic E-state index is 5.05. The predicted octanol–water partition coefficient (Wildman–Crippen LogP) is 1.79. The summed E-state index contributed by atoms with van der Waals surface area (Å²) in [5, 5.41) is 1.46. The van der Waals surface area contributed by atoms with Gasteiger partial charge in [-0.25, -0.2) is 29.9 Å². The second-order valence-electron chi connectivity index (χ2n) is 3.94. The molecule has 1 radical (unpaired) electrons. The summed E-state index contributed by atoms with van der Waals surface area (Å²) in [7, 11) is 0. The Balaban J connectivity index is 1.83. The minimum atomic E-state index is 0.224. The Labute approximate surface area is 127 Å². The van der Waals surface area contributed by atoms with Gasteiger partial charge in [-0.3, -0.25) is 0 Å². The molecule has 4 rings (SSSR count). The number of hydrogen-bond donors (Lipinski definition) is 1. The van der Waals surface area contributed by atoms with E-state index in [-0.39, 0.29) is 5.16 Å². The van der Waals surface area contributed by atoms with E-state index in [4.69, 9.17) is 12.6 Å². The Kier molecular flexibility index (Phi) is 2.82. The first-order valence-corrected chi connectivity index (χ1v) is 7.01. The van der Waals surface area contributed by atoms with Crippen molar-refractivity contribution in [3.8, 4) is 0 Å². The van der Waals surface area contributed by atoms with Crippen LogP contribution in [0.1, 0.15) is 0 Å². The second-order valence-corrected chi connectivity index (χ2v) is 5.29. The molecule has 0 bridgehead atoms. The standard InChI is InChI=1S/C11H5N8S2/c20-10-17-8-6(13-1-2-14-8)9(19-10)21-11-16-5-3-12-4-15-7(5)18-11/h1-4H,(H,12,15,16,18). The first kappa shape index (κ1) is 12.3. The molecule has 0 fully saturated rings. The third-order valence-electron chi connectivity index (χ3n) is 2.61. The van der Waals surface area contributed by atoms with Crippen LogP contribution in [0.4, 0.5) is 0 Å². The van der Waals surface area contributed by atoms with Crippen molar-refractivity contribution >= 4 is 46.7 Å². The minimum Gasteiger partial charge on any atom is -0.330 e. The van der Waals surface area contributed by atoms with Gasteiger partial charge < -0.3 is 4.98 Å². The van der Waals surface area contributed by atoms with E-state index in [0.29, 0.717) is 27.0 Å². The van der Waals surface area contributed by atoms with Gasteiger partial charge in [0.25, 0.3) is 0 Å². The van der Waals surface area contributed by atoms with Crippen LogP contribution < -0.4 is 0 Å². The molecule has 4 heterocycles. The first-order valence-electron chi connectivity index (χ1n) is 5.79. The molecule has 0 spiro atoms. The predicted molar refractivity (Wildman–Crippen MR) is 76.8 cm³/mol. The lowest BCUT2D eigenvalue weighted by Crippen LogP contribution is -1.94. The molecular formula is C11H5N8S2. The molecule has 10 heteroatoms. The third kappa shape index (κ3) is 2.23. The number of aromatic amines is 1. The highest BCUT2D eigenvalue weighted by atomic mass is 32.2. The summed E-state index contributed by atoms with van der Waals surface area (Å²) in [5.74, 6) is 0. The van der Waals surface area contributed by atoms with Gasteiger partial charge in [-0.05, 0) is 24.4 Å². The zero-order valence-electron chi connectivity index (χ0n) is 10.3. The van der Waals surface area contributed by atoms with E-state index in [0.717, 1.165) is 5.52 Å². The van der Waals surface area contributed by atoms with Crippen molar-refractivity contribution in [3.63, 3.8) is 0 Å². The highest BCUT2D eigenvalue weighted by molar-refractivity contribution is 7.99. The zero-order valence-corrected chi connectivity index (χ0v) is 11.9. The van der Waals surface area contributed by atoms with Gasteiger partial charge >= 0.3 is 0 Å². The number of imidazole rings is 1. The van der Waals surface area contributed by atoms with Gasteiger partial charge in [0.15, 0.2) is 16.5 Å². The van der Waals surface area contributed by atoms with Crippen molar-refractivity contribution in [1.29, 1.82) is 0 Å². The molecule has 4 aromatic rings. The maximum Gasteiger partial charge on any atom is 0.222 e. The van der Waals surface area contributed by atoms with E-state index in [1.54, 1.807) is 18.6 Å². The molecule has 8 nitrogen and oxygen atoms in total. The number of aromatic nitrogens is 8. The molecule has 0 amide bonds. The van der Waals surface area contributed by atoms with Gasteiger partial charge in [0.1, 0.15) is 22.4 Å². The van der Waals surface area contributed by atoms with Crippen molar-refractivity contribution in [3.05, 3.63) is 24.9 Å². The Bertz CT molecular complexity index is 920. The Hall–Kier alpha value is -2.46. The van der Waals surface area contributed by atoms with Gasteiger partial charge in [-0.2, -0.15) is 4.98 Å². The summed E-state index contributed by atoms with van der Waals surface area (Å²) in [4.78, 5) is 32.2. The smallest absolute Gasteiger partial charge is 0.222 e. The van der Waals surface area contributed by atoms with Crippen LogP contribution in [-0.2, 0) is 0 Å². The molecule has 0 aliphatic rings. The Morgan fingerprint density at radius 3 is 2.81 bits per heavy atom. The van der Waals surface area contributed by atoms with Gasteiger partial charge in [-0.15, -0.1) is 0 Å². The molecule has 0 aliphatic carbocycles. The molecule has 101 valence electrons. The zero-order chi connectivity index (χ0) is 14.2. The van der Waals surface area contributed by atoms with Crippen LogP contribution in [-0.4, -0.2) is 39.9 Å². The Morgan fingerprint density at radius 2 is 1.90 bits per heavy atom. The molecule has 0 atom stereocenters. The molecule has 0 aromatic carbocycles. The summed E-state index contributed by atoms with van der Waals surface area (Å²) >= 11 is 6.35. The van der Waals surface area contributed by atoms with E-state index in [1.165, 1.54) is 18.1 Å². The van der Waals surface area contributed by atoms with Crippen LogP contribution in [0.25, 0.3) is 22.3 Å². The molecular weight excluding hydrogens is 308 g/mol. The minimum absolute atomic E-state index is 0.224. The van der Waals surface area contributed by atoms with Crippen LogP contribution in [0, 0.1) is 0 Å². The SMILES string of the molecule is [S]c1nc(Sc2nc3ncncc3[nH]2)c2nccnc2n1. The van der Waals surface area contributed by atoms with Crippen molar-refractivity contribution in [2.45, 2.75) is 15.3 Å². The van der Waals surface area contributed by atoms with Crippen LogP contribution in [0.3, 0.4) is 0 Å². The summed E-state index contributed by atoms with van der Waals surface area (Å²) in [6.07, 6.45) is 6.26. The number of nitrogens with one attached hydrogen (secondary N) is 1. The lowest BCUT2D eigenvalue weighted by atomic mass is 10.5. The van der Waals surface area contributed by atoms with Crippen LogP contribution in [0.2, 0.25) is 0 Å². The van der Waals surface area contributed by atoms with Crippen molar-refractivity contribution in [2.24, 2.45) is 0 Å². The number of hydrogen-bond acceptors (Lipinski definition) is 8. The number of nitrogens with zero attached hydrogens (tertiary/aromatic N) is 7. The molecule has 0 aliphatic heterocycles. The highest BCUT2D eigenvalue weighted by Crippen LogP contribution is 2.29. The highest BCUT2D eigenvalue weighted by Gasteiger charge is 2.13. The monoisotopic (exact) mass is 313 g/mol. The number of H-pyrrole nitrogens is 1. The Morgan fingerprint density at radius 1 is 1.00 bits per heavy atom. The maximum atomic E-state index is 5.05. The fraction of sp³-hybridized carbons (Fsp3) is 0. The van der Waals surface area contributed by atoms with Crippen molar-refractivity contribution < 1.29 is 0 Å². The van der Waals surface area contributed by atoms with E-state index in [9.17, 15) is 0 Å². The van der Waals surface area contributed by atoms with Gasteiger partial charge in [0.2, 0.25) is 5.16 Å². The topological polar surface area (TPSA) is 106 Å². The third-order valence-corrected chi connectivity index (χ3v) is 3.66. The second kappa shape index (κ2) is 4.82. The quantitative estimate of drug-likeness (QED) is 0.441. The first-order chi connectivity index (χ1) is 10.3. The fourth-order valence-corrected chi connectivity index (χ4v) is 2.85. The van der Waals surface area contributed by atoms with Crippen molar-refractivity contribution in [1.82, 2.24) is 39.9 Å².